The maximum Gasteiger partial charge on any atom is 0.174 e. The molecule has 166 valence electrons. The Morgan fingerprint density at radius 3 is 2.50 bits per heavy atom. The van der Waals surface area contributed by atoms with Gasteiger partial charge in [-0.15, -0.1) is 0 Å². The van der Waals surface area contributed by atoms with E-state index in [1.807, 2.05) is 0 Å². The highest BCUT2D eigenvalue weighted by Crippen LogP contribution is 2.69. The van der Waals surface area contributed by atoms with Crippen LogP contribution >= 0.6 is 0 Å². The summed E-state index contributed by atoms with van der Waals surface area (Å²) >= 11 is 0. The molecule has 0 radical (unpaired) electrons. The van der Waals surface area contributed by atoms with Crippen molar-refractivity contribution in [3.8, 4) is 0 Å². The zero-order chi connectivity index (χ0) is 20.5. The molecule has 5 heteroatoms. The van der Waals surface area contributed by atoms with Gasteiger partial charge in [0.2, 0.25) is 0 Å². The second-order valence-corrected chi connectivity index (χ2v) is 10.7. The Morgan fingerprint density at radius 1 is 1.00 bits per heavy atom. The van der Waals surface area contributed by atoms with Crippen LogP contribution in [0.3, 0.4) is 0 Å². The maximum absolute atomic E-state index is 6.30. The molecule has 5 nitrogen and oxygen atoms in total. The van der Waals surface area contributed by atoms with Gasteiger partial charge in [0.1, 0.15) is 0 Å². The molecule has 3 saturated carbocycles. The fourth-order valence-electron chi connectivity index (χ4n) is 8.52. The molecule has 0 aromatic rings. The van der Waals surface area contributed by atoms with Crippen LogP contribution in [0.15, 0.2) is 24.5 Å². The summed E-state index contributed by atoms with van der Waals surface area (Å²) in [5.74, 6) is 1.25. The standard InChI is InChI=1S/C25H36O5/c1-3-26-17-23-10-11-24(27-12-13-28-24)16-18(23)4-5-19-20-7-9-25(29-14-15-30-25)22(20,2)8-6-21(19)23/h3-4,19-21H,1,5-17H2,2H3/t19-,20-,21-,22-,23+/m0/s1. The van der Waals surface area contributed by atoms with E-state index < -0.39 is 0 Å². The summed E-state index contributed by atoms with van der Waals surface area (Å²) in [6.45, 7) is 9.97. The van der Waals surface area contributed by atoms with E-state index in [1.54, 1.807) is 6.26 Å². The van der Waals surface area contributed by atoms with Crippen molar-refractivity contribution < 1.29 is 23.7 Å². The molecule has 6 aliphatic rings. The molecule has 5 atom stereocenters. The van der Waals surface area contributed by atoms with Gasteiger partial charge in [0, 0.05) is 30.1 Å². The Bertz CT molecular complexity index is 734. The highest BCUT2D eigenvalue weighted by atomic mass is 16.7. The van der Waals surface area contributed by atoms with Gasteiger partial charge in [-0.2, -0.15) is 0 Å². The topological polar surface area (TPSA) is 46.2 Å². The van der Waals surface area contributed by atoms with Gasteiger partial charge in [-0.1, -0.05) is 25.2 Å². The second-order valence-electron chi connectivity index (χ2n) is 10.7. The molecule has 0 aromatic heterocycles. The van der Waals surface area contributed by atoms with Crippen LogP contribution in [0.4, 0.5) is 0 Å². The van der Waals surface area contributed by atoms with Crippen molar-refractivity contribution in [2.75, 3.05) is 33.0 Å². The Kier molecular flexibility index (Phi) is 4.49. The molecule has 4 aliphatic carbocycles. The summed E-state index contributed by atoms with van der Waals surface area (Å²) in [4.78, 5) is 0. The quantitative estimate of drug-likeness (QED) is 0.498. The average Bonchev–Trinajstić information content (AvgIpc) is 3.48. The summed E-state index contributed by atoms with van der Waals surface area (Å²) in [5.41, 5.74) is 1.74. The molecule has 2 spiro atoms. The Balaban J connectivity index is 1.34. The lowest BCUT2D eigenvalue weighted by Crippen LogP contribution is -2.57. The minimum atomic E-state index is -0.386. The molecule has 2 aliphatic heterocycles. The largest absolute Gasteiger partial charge is 0.501 e. The Morgan fingerprint density at radius 2 is 1.73 bits per heavy atom. The number of hydrogen-bond acceptors (Lipinski definition) is 5. The SMILES string of the molecule is C=COC[C@]12CCC3(CC1=CC[C@@H]1[C@@H]2CC[C@@]2(C)[C@H]1CCC21OCCO1)OCCO3. The first-order valence-electron chi connectivity index (χ1n) is 12.0. The van der Waals surface area contributed by atoms with E-state index >= 15 is 0 Å². The van der Waals surface area contributed by atoms with Gasteiger partial charge in [-0.3, -0.25) is 0 Å². The first-order valence-corrected chi connectivity index (χ1v) is 12.0. The van der Waals surface area contributed by atoms with Gasteiger partial charge < -0.3 is 23.7 Å². The molecule has 6 rings (SSSR count). The minimum Gasteiger partial charge on any atom is -0.501 e. The second kappa shape index (κ2) is 6.81. The Labute approximate surface area is 180 Å². The van der Waals surface area contributed by atoms with Crippen molar-refractivity contribution >= 4 is 0 Å². The molecule has 2 saturated heterocycles. The van der Waals surface area contributed by atoms with Crippen LogP contribution in [0.25, 0.3) is 0 Å². The van der Waals surface area contributed by atoms with Gasteiger partial charge >= 0.3 is 0 Å². The predicted octanol–water partition coefficient (Wildman–Crippen LogP) is 4.58. The van der Waals surface area contributed by atoms with Crippen LogP contribution < -0.4 is 0 Å². The monoisotopic (exact) mass is 416 g/mol. The highest BCUT2D eigenvalue weighted by Gasteiger charge is 2.67. The molecule has 0 unspecified atom stereocenters. The normalized spacial score (nSPS) is 45.6. The predicted molar refractivity (Wildman–Crippen MR) is 111 cm³/mol. The Hall–Kier alpha value is -0.880. The summed E-state index contributed by atoms with van der Waals surface area (Å²) < 4.78 is 30.8. The molecule has 5 fully saturated rings. The van der Waals surface area contributed by atoms with Crippen molar-refractivity contribution in [1.29, 1.82) is 0 Å². The smallest absolute Gasteiger partial charge is 0.174 e. The number of ether oxygens (including phenoxy) is 5. The van der Waals surface area contributed by atoms with Crippen LogP contribution in [0.2, 0.25) is 0 Å². The fourth-order valence-corrected chi connectivity index (χ4v) is 8.52. The van der Waals surface area contributed by atoms with Crippen LogP contribution in [-0.2, 0) is 23.7 Å². The van der Waals surface area contributed by atoms with E-state index in [0.29, 0.717) is 17.8 Å². The lowest BCUT2D eigenvalue weighted by atomic mass is 9.47. The van der Waals surface area contributed by atoms with E-state index in [2.05, 4.69) is 19.6 Å². The van der Waals surface area contributed by atoms with Gasteiger partial charge in [-0.25, -0.2) is 0 Å². The van der Waals surface area contributed by atoms with Crippen molar-refractivity contribution in [2.45, 2.75) is 69.9 Å². The summed E-state index contributed by atoms with van der Waals surface area (Å²) in [7, 11) is 0. The number of rotatable bonds is 3. The summed E-state index contributed by atoms with van der Waals surface area (Å²) in [5, 5.41) is 0. The van der Waals surface area contributed by atoms with Crippen molar-refractivity contribution in [3.05, 3.63) is 24.5 Å². The maximum atomic E-state index is 6.30. The van der Waals surface area contributed by atoms with Crippen molar-refractivity contribution in [2.24, 2.45) is 28.6 Å². The molecular formula is C25H36O5. The first-order chi connectivity index (χ1) is 14.6. The lowest BCUT2D eigenvalue weighted by molar-refractivity contribution is -0.245. The third-order valence-electron chi connectivity index (χ3n) is 9.90. The summed E-state index contributed by atoms with van der Waals surface area (Å²) in [6, 6.07) is 0. The van der Waals surface area contributed by atoms with E-state index in [4.69, 9.17) is 23.7 Å². The molecule has 0 amide bonds. The molecule has 2 heterocycles. The molecule has 0 bridgehead atoms. The van der Waals surface area contributed by atoms with Crippen LogP contribution in [-0.4, -0.2) is 44.6 Å². The van der Waals surface area contributed by atoms with E-state index in [0.717, 1.165) is 65.1 Å². The third kappa shape index (κ3) is 2.49. The molecule has 0 aromatic carbocycles. The molecular weight excluding hydrogens is 380 g/mol. The minimum absolute atomic E-state index is 0.0894. The van der Waals surface area contributed by atoms with Gasteiger partial charge in [0.25, 0.3) is 0 Å². The van der Waals surface area contributed by atoms with E-state index in [9.17, 15) is 0 Å². The zero-order valence-electron chi connectivity index (χ0n) is 18.3. The van der Waals surface area contributed by atoms with Gasteiger partial charge in [0.15, 0.2) is 11.6 Å². The van der Waals surface area contributed by atoms with Gasteiger partial charge in [-0.05, 0) is 49.9 Å². The summed E-state index contributed by atoms with van der Waals surface area (Å²) in [6.07, 6.45) is 12.9. The first kappa shape index (κ1) is 19.8. The van der Waals surface area contributed by atoms with E-state index in [-0.39, 0.29) is 22.4 Å². The zero-order valence-corrected chi connectivity index (χ0v) is 18.3. The number of allylic oxidation sites excluding steroid dienone is 1. The number of fused-ring (bicyclic) bond motifs is 6. The fraction of sp³-hybridized carbons (Fsp3) is 0.840. The third-order valence-corrected chi connectivity index (χ3v) is 9.90. The highest BCUT2D eigenvalue weighted by molar-refractivity contribution is 5.28. The van der Waals surface area contributed by atoms with Crippen LogP contribution in [0.1, 0.15) is 58.3 Å². The van der Waals surface area contributed by atoms with Crippen molar-refractivity contribution in [3.63, 3.8) is 0 Å². The van der Waals surface area contributed by atoms with E-state index in [1.165, 1.54) is 24.8 Å². The van der Waals surface area contributed by atoms with Crippen LogP contribution in [0.5, 0.6) is 0 Å². The molecule has 0 N–H and O–H groups in total. The van der Waals surface area contributed by atoms with Gasteiger partial charge in [0.05, 0.1) is 39.3 Å². The van der Waals surface area contributed by atoms with Crippen LogP contribution in [0, 0.1) is 28.6 Å². The van der Waals surface area contributed by atoms with Crippen molar-refractivity contribution in [1.82, 2.24) is 0 Å². The number of hydrogen-bond donors (Lipinski definition) is 0. The average molecular weight is 417 g/mol. The lowest BCUT2D eigenvalue weighted by Gasteiger charge is -2.60. The molecule has 30 heavy (non-hydrogen) atoms.